The fourth-order valence-corrected chi connectivity index (χ4v) is 6.46. The quantitative estimate of drug-likeness (QED) is 0.167. The maximum absolute atomic E-state index is 13.5. The minimum Gasteiger partial charge on any atom is -0.436 e. The van der Waals surface area contributed by atoms with Crippen molar-refractivity contribution in [2.45, 2.75) is 15.0 Å². The number of hydrogen-bond acceptors (Lipinski definition) is 6. The maximum Gasteiger partial charge on any atom is 0.261 e. The lowest BCUT2D eigenvalue weighted by Crippen LogP contribution is -2.19. The van der Waals surface area contributed by atoms with Crippen molar-refractivity contribution in [1.29, 1.82) is 0 Å². The first-order valence-corrected chi connectivity index (χ1v) is 15.5. The number of sulfonamides is 1. The van der Waals surface area contributed by atoms with E-state index in [0.29, 0.717) is 22.8 Å². The molecule has 1 heterocycles. The van der Waals surface area contributed by atoms with Gasteiger partial charge in [-0.2, -0.15) is 0 Å². The zero-order valence-corrected chi connectivity index (χ0v) is 23.8. The van der Waals surface area contributed by atoms with Crippen LogP contribution in [0, 0.1) is 0 Å². The number of carbonyl (C=O) groups is 1. The van der Waals surface area contributed by atoms with Crippen LogP contribution in [0.1, 0.15) is 10.8 Å². The number of thioether (sulfide) groups is 1. The van der Waals surface area contributed by atoms with E-state index in [9.17, 15) is 13.2 Å². The highest BCUT2D eigenvalue weighted by Gasteiger charge is 2.23. The highest BCUT2D eigenvalue weighted by molar-refractivity contribution is 8.00. The van der Waals surface area contributed by atoms with Gasteiger partial charge in [-0.15, -0.1) is 11.8 Å². The molecule has 0 aliphatic rings. The van der Waals surface area contributed by atoms with Gasteiger partial charge in [-0.1, -0.05) is 60.7 Å². The van der Waals surface area contributed by atoms with Crippen molar-refractivity contribution < 1.29 is 17.6 Å². The first-order chi connectivity index (χ1) is 20.4. The van der Waals surface area contributed by atoms with E-state index in [1.54, 1.807) is 54.6 Å². The molecule has 7 nitrogen and oxygen atoms in total. The van der Waals surface area contributed by atoms with E-state index in [0.717, 1.165) is 21.5 Å². The second-order valence-corrected chi connectivity index (χ2v) is 12.3. The minimum absolute atomic E-state index is 0.185. The predicted octanol–water partition coefficient (Wildman–Crippen LogP) is 7.77. The summed E-state index contributed by atoms with van der Waals surface area (Å²) in [7, 11) is -3.70. The van der Waals surface area contributed by atoms with Crippen molar-refractivity contribution in [2.75, 3.05) is 10.0 Å². The molecule has 0 aliphatic heterocycles. The number of nitrogens with one attached hydrogen (secondary N) is 2. The third-order valence-corrected chi connectivity index (χ3v) is 9.11. The van der Waals surface area contributed by atoms with Crippen LogP contribution in [-0.4, -0.2) is 19.3 Å². The number of amides is 1. The molecule has 5 aromatic carbocycles. The smallest absolute Gasteiger partial charge is 0.261 e. The van der Waals surface area contributed by atoms with E-state index in [-0.39, 0.29) is 10.8 Å². The summed E-state index contributed by atoms with van der Waals surface area (Å²) in [6, 6.07) is 39.6. The van der Waals surface area contributed by atoms with Crippen LogP contribution in [-0.2, 0) is 14.8 Å². The van der Waals surface area contributed by atoms with Gasteiger partial charge in [0.15, 0.2) is 5.58 Å². The largest absolute Gasteiger partial charge is 0.436 e. The van der Waals surface area contributed by atoms with Crippen molar-refractivity contribution in [3.8, 4) is 11.5 Å². The average Bonchev–Trinajstić information content (AvgIpc) is 3.46. The van der Waals surface area contributed by atoms with Gasteiger partial charge in [0, 0.05) is 21.8 Å². The number of fused-ring (bicyclic) bond motifs is 1. The normalized spacial score (nSPS) is 12.1. The maximum atomic E-state index is 13.5. The number of aromatic nitrogens is 1. The summed E-state index contributed by atoms with van der Waals surface area (Å²) in [6.07, 6.45) is 0. The molecule has 1 amide bonds. The number of nitrogens with zero attached hydrogens (tertiary/aromatic N) is 1. The summed E-state index contributed by atoms with van der Waals surface area (Å²) < 4.78 is 33.8. The first-order valence-electron chi connectivity index (χ1n) is 13.1. The summed E-state index contributed by atoms with van der Waals surface area (Å²) in [5.74, 6) is 0.330. The Labute approximate surface area is 247 Å². The molecule has 1 unspecified atom stereocenters. The van der Waals surface area contributed by atoms with Crippen LogP contribution >= 0.6 is 11.8 Å². The molecular formula is C33H25N3O4S2. The summed E-state index contributed by atoms with van der Waals surface area (Å²) >= 11 is 1.38. The third kappa shape index (κ3) is 6.22. The number of para-hydroxylation sites is 2. The van der Waals surface area contributed by atoms with E-state index in [1.165, 1.54) is 11.8 Å². The van der Waals surface area contributed by atoms with Crippen molar-refractivity contribution in [1.82, 2.24) is 4.98 Å². The van der Waals surface area contributed by atoms with Crippen LogP contribution in [0.25, 0.3) is 22.6 Å². The molecule has 9 heteroatoms. The summed E-state index contributed by atoms with van der Waals surface area (Å²) in [6.45, 7) is 0. The molecule has 1 atom stereocenters. The number of anilines is 2. The topological polar surface area (TPSA) is 101 Å². The summed E-state index contributed by atoms with van der Waals surface area (Å²) in [5, 5.41) is 2.48. The standard InChI is InChI=1S/C33H25N3O4S2/c37-32(34-25-17-15-24(16-18-25)33-35-29-13-7-8-14-30(29)40-33)31(23-9-3-1-4-10-23)41-27-21-19-26(20-22-27)36-42(38,39)28-11-5-2-6-12-28/h1-22,31,36H,(H,34,37). The Hall–Kier alpha value is -4.86. The van der Waals surface area contributed by atoms with Crippen molar-refractivity contribution in [2.24, 2.45) is 0 Å². The van der Waals surface area contributed by atoms with E-state index < -0.39 is 15.3 Å². The van der Waals surface area contributed by atoms with Gasteiger partial charge in [0.2, 0.25) is 11.8 Å². The molecule has 0 saturated carbocycles. The molecule has 1 aromatic heterocycles. The molecule has 0 aliphatic carbocycles. The lowest BCUT2D eigenvalue weighted by molar-refractivity contribution is -0.115. The third-order valence-electron chi connectivity index (χ3n) is 6.45. The lowest BCUT2D eigenvalue weighted by Gasteiger charge is -2.17. The Morgan fingerprint density at radius 1 is 0.714 bits per heavy atom. The molecule has 0 spiro atoms. The van der Waals surface area contributed by atoms with Crippen molar-refractivity contribution >= 4 is 50.2 Å². The average molecular weight is 592 g/mol. The number of hydrogen-bond donors (Lipinski definition) is 2. The lowest BCUT2D eigenvalue weighted by atomic mass is 10.1. The van der Waals surface area contributed by atoms with Crippen LogP contribution in [0.4, 0.5) is 11.4 Å². The van der Waals surface area contributed by atoms with Crippen molar-refractivity contribution in [3.05, 3.63) is 139 Å². The van der Waals surface area contributed by atoms with Gasteiger partial charge in [-0.05, 0) is 78.4 Å². The Kier molecular flexibility index (Phi) is 7.76. The Bertz CT molecular complexity index is 1890. The molecule has 2 N–H and O–H groups in total. The molecule has 0 radical (unpaired) electrons. The van der Waals surface area contributed by atoms with Crippen LogP contribution in [0.5, 0.6) is 0 Å². The van der Waals surface area contributed by atoms with Crippen LogP contribution in [0.15, 0.2) is 148 Å². The van der Waals surface area contributed by atoms with Gasteiger partial charge in [0.25, 0.3) is 10.0 Å². The highest BCUT2D eigenvalue weighted by atomic mass is 32.2. The fourth-order valence-electron chi connectivity index (χ4n) is 4.35. The molecule has 0 bridgehead atoms. The number of carbonyl (C=O) groups excluding carboxylic acids is 1. The molecule has 208 valence electrons. The molecule has 6 aromatic rings. The second kappa shape index (κ2) is 11.9. The van der Waals surface area contributed by atoms with Crippen LogP contribution < -0.4 is 10.0 Å². The molecule has 0 fully saturated rings. The highest BCUT2D eigenvalue weighted by Crippen LogP contribution is 2.37. The van der Waals surface area contributed by atoms with E-state index >= 15 is 0 Å². The summed E-state index contributed by atoms with van der Waals surface area (Å²) in [5.41, 5.74) is 4.23. The van der Waals surface area contributed by atoms with E-state index in [2.05, 4.69) is 15.0 Å². The van der Waals surface area contributed by atoms with Gasteiger partial charge < -0.3 is 9.73 Å². The monoisotopic (exact) mass is 591 g/mol. The van der Waals surface area contributed by atoms with Crippen LogP contribution in [0.2, 0.25) is 0 Å². The number of oxazole rings is 1. The first kappa shape index (κ1) is 27.3. The number of benzene rings is 5. The van der Waals surface area contributed by atoms with Crippen LogP contribution in [0.3, 0.4) is 0 Å². The SMILES string of the molecule is O=C(Nc1ccc(-c2nc3ccccc3o2)cc1)C(Sc1ccc(NS(=O)(=O)c2ccccc2)cc1)c1ccccc1. The van der Waals surface area contributed by atoms with E-state index in [1.807, 2.05) is 78.9 Å². The van der Waals surface area contributed by atoms with Gasteiger partial charge in [-0.3, -0.25) is 9.52 Å². The molecule has 6 rings (SSSR count). The molecule has 42 heavy (non-hydrogen) atoms. The zero-order valence-electron chi connectivity index (χ0n) is 22.2. The molecule has 0 saturated heterocycles. The number of rotatable bonds is 9. The predicted molar refractivity (Wildman–Crippen MR) is 167 cm³/mol. The zero-order chi connectivity index (χ0) is 28.9. The Balaban J connectivity index is 1.17. The molecular weight excluding hydrogens is 567 g/mol. The van der Waals surface area contributed by atoms with Gasteiger partial charge in [0.1, 0.15) is 10.8 Å². The second-order valence-electron chi connectivity index (χ2n) is 9.40. The van der Waals surface area contributed by atoms with Gasteiger partial charge in [0.05, 0.1) is 4.90 Å². The fraction of sp³-hybridized carbons (Fsp3) is 0.0303. The minimum atomic E-state index is -3.70. The van der Waals surface area contributed by atoms with Crippen molar-refractivity contribution in [3.63, 3.8) is 0 Å². The van der Waals surface area contributed by atoms with Gasteiger partial charge in [-0.25, -0.2) is 13.4 Å². The Morgan fingerprint density at radius 2 is 1.33 bits per heavy atom. The van der Waals surface area contributed by atoms with Gasteiger partial charge >= 0.3 is 0 Å². The van der Waals surface area contributed by atoms with E-state index in [4.69, 9.17) is 4.42 Å². The Morgan fingerprint density at radius 3 is 2.02 bits per heavy atom. The summed E-state index contributed by atoms with van der Waals surface area (Å²) in [4.78, 5) is 19.1.